The summed E-state index contributed by atoms with van der Waals surface area (Å²) in [5.74, 6) is -5.26. The van der Waals surface area contributed by atoms with Crippen LogP contribution in [-0.2, 0) is 23.8 Å². The molecule has 0 bridgehead atoms. The predicted molar refractivity (Wildman–Crippen MR) is 93.2 cm³/mol. The molecule has 0 aromatic rings. The van der Waals surface area contributed by atoms with E-state index in [1.807, 2.05) is 0 Å². The minimum absolute atomic E-state index is 0.139. The molecule has 3 aliphatic rings. The number of alkyl halides is 2. The zero-order valence-corrected chi connectivity index (χ0v) is 15.7. The summed E-state index contributed by atoms with van der Waals surface area (Å²) in [6, 6.07) is 0. The monoisotopic (exact) mass is 386 g/mol. The quantitative estimate of drug-likeness (QED) is 0.469. The molecule has 5 nitrogen and oxygen atoms in total. The third kappa shape index (κ3) is 4.93. The van der Waals surface area contributed by atoms with Gasteiger partial charge in [-0.05, 0) is 31.8 Å². The molecule has 1 aliphatic carbocycles. The molecule has 0 aromatic heterocycles. The predicted octanol–water partition coefficient (Wildman–Crippen LogP) is 3.80. The molecule has 0 radical (unpaired) electrons. The number of esters is 1. The number of ketones is 1. The number of carbonyl (C=O) groups excluding carboxylic acids is 2. The zero-order valence-electron chi connectivity index (χ0n) is 15.7. The van der Waals surface area contributed by atoms with Crippen LogP contribution < -0.4 is 0 Å². The highest BCUT2D eigenvalue weighted by atomic mass is 19.3. The van der Waals surface area contributed by atoms with Gasteiger partial charge in [0.1, 0.15) is 6.10 Å². The van der Waals surface area contributed by atoms with Crippen molar-refractivity contribution in [1.82, 2.24) is 0 Å². The molecule has 152 valence electrons. The smallest absolute Gasteiger partial charge is 0.309 e. The van der Waals surface area contributed by atoms with Gasteiger partial charge in [0, 0.05) is 31.3 Å². The Balaban J connectivity index is 1.67. The van der Waals surface area contributed by atoms with Crippen molar-refractivity contribution in [1.29, 1.82) is 0 Å². The number of unbranched alkanes of at least 4 members (excludes halogenated alkanes) is 1. The maximum absolute atomic E-state index is 13.9. The summed E-state index contributed by atoms with van der Waals surface area (Å²) in [6.45, 7) is 2.45. The van der Waals surface area contributed by atoms with Crippen LogP contribution in [0.1, 0.15) is 58.3 Å². The lowest BCUT2D eigenvalue weighted by Gasteiger charge is -2.28. The van der Waals surface area contributed by atoms with Crippen LogP contribution in [0.15, 0.2) is 12.2 Å². The van der Waals surface area contributed by atoms with Crippen molar-refractivity contribution >= 4 is 11.8 Å². The topological polar surface area (TPSA) is 61.8 Å². The summed E-state index contributed by atoms with van der Waals surface area (Å²) in [4.78, 5) is 23.6. The van der Waals surface area contributed by atoms with E-state index in [9.17, 15) is 18.4 Å². The average molecular weight is 386 g/mol. The second-order valence-corrected chi connectivity index (χ2v) is 7.71. The van der Waals surface area contributed by atoms with Crippen LogP contribution in [0.5, 0.6) is 0 Å². The molecule has 2 saturated heterocycles. The Bertz CT molecular complexity index is 571. The van der Waals surface area contributed by atoms with Crippen molar-refractivity contribution in [3.8, 4) is 0 Å². The molecular weight excluding hydrogens is 358 g/mol. The molecule has 0 amide bonds. The van der Waals surface area contributed by atoms with Crippen LogP contribution in [0.2, 0.25) is 0 Å². The lowest BCUT2D eigenvalue weighted by Crippen LogP contribution is -2.31. The Morgan fingerprint density at radius 1 is 1.37 bits per heavy atom. The highest BCUT2D eigenvalue weighted by molar-refractivity contribution is 5.95. The Kier molecular flexibility index (Phi) is 6.63. The SMILES string of the molecule is CCCCC(F)(F)C(=O)/C=C/[C@H]1[C@H](OC2CCCCO2)CC2OC(=O)C[C@@H]21. The summed E-state index contributed by atoms with van der Waals surface area (Å²) in [5.41, 5.74) is 0. The Morgan fingerprint density at radius 3 is 2.89 bits per heavy atom. The number of halogens is 2. The van der Waals surface area contributed by atoms with Gasteiger partial charge in [-0.2, -0.15) is 8.78 Å². The third-order valence-electron chi connectivity index (χ3n) is 5.69. The molecule has 2 aliphatic heterocycles. The number of allylic oxidation sites excluding steroid dienone is 1. The summed E-state index contributed by atoms with van der Waals surface area (Å²) >= 11 is 0. The Morgan fingerprint density at radius 2 is 2.19 bits per heavy atom. The van der Waals surface area contributed by atoms with Crippen LogP contribution >= 0.6 is 0 Å². The van der Waals surface area contributed by atoms with Crippen LogP contribution in [0.3, 0.4) is 0 Å². The van der Waals surface area contributed by atoms with E-state index >= 15 is 0 Å². The lowest BCUT2D eigenvalue weighted by molar-refractivity contribution is -0.194. The van der Waals surface area contributed by atoms with Crippen LogP contribution in [0.4, 0.5) is 8.78 Å². The van der Waals surface area contributed by atoms with Gasteiger partial charge in [0.2, 0.25) is 5.78 Å². The molecular formula is C20H28F2O5. The molecule has 7 heteroatoms. The fourth-order valence-corrected chi connectivity index (χ4v) is 4.17. The summed E-state index contributed by atoms with van der Waals surface area (Å²) in [5, 5.41) is 0. The van der Waals surface area contributed by atoms with Gasteiger partial charge in [0.15, 0.2) is 6.29 Å². The van der Waals surface area contributed by atoms with Gasteiger partial charge in [-0.25, -0.2) is 0 Å². The molecule has 0 aromatic carbocycles. The highest BCUT2D eigenvalue weighted by Crippen LogP contribution is 2.44. The van der Waals surface area contributed by atoms with Crippen molar-refractivity contribution < 1.29 is 32.6 Å². The van der Waals surface area contributed by atoms with Crippen molar-refractivity contribution in [2.75, 3.05) is 6.61 Å². The van der Waals surface area contributed by atoms with Gasteiger partial charge < -0.3 is 14.2 Å². The van der Waals surface area contributed by atoms with Crippen LogP contribution in [-0.4, -0.2) is 42.8 Å². The fraction of sp³-hybridized carbons (Fsp3) is 0.800. The number of ether oxygens (including phenoxy) is 3. The summed E-state index contributed by atoms with van der Waals surface area (Å²) < 4.78 is 44.9. The van der Waals surface area contributed by atoms with Crippen molar-refractivity contribution in [3.05, 3.63) is 12.2 Å². The number of hydrogen-bond donors (Lipinski definition) is 0. The van der Waals surface area contributed by atoms with Gasteiger partial charge in [0.25, 0.3) is 0 Å². The molecule has 3 rings (SSSR count). The molecule has 0 N–H and O–H groups in total. The van der Waals surface area contributed by atoms with Gasteiger partial charge in [0.05, 0.1) is 12.5 Å². The van der Waals surface area contributed by atoms with Gasteiger partial charge >= 0.3 is 11.9 Å². The fourth-order valence-electron chi connectivity index (χ4n) is 4.17. The molecule has 2 unspecified atom stereocenters. The van der Waals surface area contributed by atoms with E-state index in [1.165, 1.54) is 6.08 Å². The normalized spacial score (nSPS) is 34.0. The summed E-state index contributed by atoms with van der Waals surface area (Å²) in [7, 11) is 0. The first-order valence-corrected chi connectivity index (χ1v) is 9.97. The Hall–Kier alpha value is -1.34. The summed E-state index contributed by atoms with van der Waals surface area (Å²) in [6.07, 6.45) is 5.57. The minimum Gasteiger partial charge on any atom is -0.462 e. The molecule has 2 heterocycles. The van der Waals surface area contributed by atoms with Gasteiger partial charge in [-0.1, -0.05) is 19.4 Å². The van der Waals surface area contributed by atoms with Crippen LogP contribution in [0, 0.1) is 11.8 Å². The molecule has 1 saturated carbocycles. The van der Waals surface area contributed by atoms with E-state index in [-0.39, 0.29) is 42.7 Å². The maximum Gasteiger partial charge on any atom is 0.309 e. The van der Waals surface area contributed by atoms with Crippen LogP contribution in [0.25, 0.3) is 0 Å². The van der Waals surface area contributed by atoms with Crippen molar-refractivity contribution in [3.63, 3.8) is 0 Å². The second kappa shape index (κ2) is 8.78. The van der Waals surface area contributed by atoms with Crippen molar-refractivity contribution in [2.45, 2.75) is 82.7 Å². The molecule has 5 atom stereocenters. The zero-order chi connectivity index (χ0) is 19.4. The first-order valence-electron chi connectivity index (χ1n) is 9.97. The maximum atomic E-state index is 13.9. The van der Waals surface area contributed by atoms with E-state index in [1.54, 1.807) is 6.92 Å². The standard InChI is InChI=1S/C20H28F2O5/c1-2-3-9-20(21,22)17(23)8-7-13-14-11-18(24)26-16(14)12-15(13)27-19-6-4-5-10-25-19/h7-8,13-16,19H,2-6,9-12H2,1H3/b8-7+/t13-,14-,15-,16?,19?/m1/s1. The van der Waals surface area contributed by atoms with Gasteiger partial charge in [-0.15, -0.1) is 0 Å². The largest absolute Gasteiger partial charge is 0.462 e. The third-order valence-corrected chi connectivity index (χ3v) is 5.69. The van der Waals surface area contributed by atoms with Gasteiger partial charge in [-0.3, -0.25) is 9.59 Å². The Labute approximate surface area is 158 Å². The second-order valence-electron chi connectivity index (χ2n) is 7.71. The van der Waals surface area contributed by atoms with Crippen molar-refractivity contribution in [2.24, 2.45) is 11.8 Å². The van der Waals surface area contributed by atoms with E-state index in [0.717, 1.165) is 25.3 Å². The number of carbonyl (C=O) groups is 2. The van der Waals surface area contributed by atoms with E-state index in [4.69, 9.17) is 14.2 Å². The number of rotatable bonds is 8. The lowest BCUT2D eigenvalue weighted by atomic mass is 9.91. The van der Waals surface area contributed by atoms with E-state index in [0.29, 0.717) is 25.9 Å². The average Bonchev–Trinajstić information content (AvgIpc) is 3.14. The minimum atomic E-state index is -3.35. The number of fused-ring (bicyclic) bond motifs is 1. The highest BCUT2D eigenvalue weighted by Gasteiger charge is 2.50. The number of hydrogen-bond acceptors (Lipinski definition) is 5. The molecule has 27 heavy (non-hydrogen) atoms. The first-order chi connectivity index (χ1) is 12.9. The first kappa shape index (κ1) is 20.4. The molecule has 0 spiro atoms. The molecule has 3 fully saturated rings. The van der Waals surface area contributed by atoms with E-state index in [2.05, 4.69) is 0 Å². The van der Waals surface area contributed by atoms with E-state index < -0.39 is 18.1 Å².